The summed E-state index contributed by atoms with van der Waals surface area (Å²) in [5, 5.41) is 0. The van der Waals surface area contributed by atoms with Crippen molar-refractivity contribution in [3.63, 3.8) is 0 Å². The molecule has 0 saturated carbocycles. The number of hydrogen-bond acceptors (Lipinski definition) is 6. The zero-order valence-corrected chi connectivity index (χ0v) is 36.8. The topological polar surface area (TPSA) is 77.3 Å². The fraction of sp³-hybridized carbons (Fsp3) is 0.0323. The lowest BCUT2D eigenvalue weighted by molar-refractivity contribution is 0.754. The minimum absolute atomic E-state index is 0.0343. The summed E-state index contributed by atoms with van der Waals surface area (Å²) >= 11 is 0. The smallest absolute Gasteiger partial charge is 0.160 e. The predicted molar refractivity (Wildman–Crippen MR) is 271 cm³/mol. The molecule has 4 heterocycles. The normalized spacial score (nSPS) is 14.2. The van der Waals surface area contributed by atoms with Gasteiger partial charge in [0.05, 0.1) is 22.8 Å². The Labute approximate surface area is 394 Å². The molecule has 0 fully saturated rings. The van der Waals surface area contributed by atoms with Crippen LogP contribution in [0.4, 0.5) is 0 Å². The molecule has 0 saturated heterocycles. The third-order valence-electron chi connectivity index (χ3n) is 13.5. The van der Waals surface area contributed by atoms with Crippen LogP contribution < -0.4 is 0 Å². The first kappa shape index (κ1) is 39.4. The number of hydrogen-bond donors (Lipinski definition) is 0. The summed E-state index contributed by atoms with van der Waals surface area (Å²) in [4.78, 5) is 29.6. The average molecular weight is 869 g/mol. The van der Waals surface area contributed by atoms with Crippen LogP contribution in [0.5, 0.6) is 0 Å². The molecule has 14 rings (SSSR count). The maximum Gasteiger partial charge on any atom is 0.160 e. The summed E-state index contributed by atoms with van der Waals surface area (Å²) in [5.41, 5.74) is 21.9. The van der Waals surface area contributed by atoms with E-state index in [9.17, 15) is 0 Å². The zero-order valence-electron chi connectivity index (χ0n) is 36.8. The fourth-order valence-electron chi connectivity index (χ4n) is 10.3. The first-order valence-electron chi connectivity index (χ1n) is 23.0. The van der Waals surface area contributed by atoms with Crippen molar-refractivity contribution in [1.82, 2.24) is 29.9 Å². The van der Waals surface area contributed by atoms with Gasteiger partial charge < -0.3 is 0 Å². The lowest BCUT2D eigenvalue weighted by Crippen LogP contribution is -2.27. The molecule has 2 bridgehead atoms. The third kappa shape index (κ3) is 6.98. The van der Waals surface area contributed by atoms with Gasteiger partial charge in [0.2, 0.25) is 0 Å². The molecule has 2 atom stereocenters. The molecule has 0 aliphatic heterocycles. The van der Waals surface area contributed by atoms with Gasteiger partial charge in [-0.25, -0.2) is 19.9 Å². The van der Waals surface area contributed by atoms with E-state index in [2.05, 4.69) is 180 Å². The highest BCUT2D eigenvalue weighted by Crippen LogP contribution is 2.56. The van der Waals surface area contributed by atoms with Crippen LogP contribution in [0.3, 0.4) is 0 Å². The standard InChI is InChI=1S/C62H40N6/c1-3-11-41(12-4-1)55-37-57(45-17-9-15-43(33-45)39-25-29-63-30-26-39)67-61(65-55)47-21-23-51-53(35-47)59-49-19-7-8-20-50(49)60(51)54-36-48(22-24-52(54)59)62-66-56(42-13-5-2-6-14-42)38-58(68-62)46-18-10-16-44(34-46)40-27-31-64-32-28-40/h1-38,59-60H. The Bertz CT molecular complexity index is 3440. The molecule has 2 unspecified atom stereocenters. The van der Waals surface area contributed by atoms with Crippen LogP contribution in [0.2, 0.25) is 0 Å². The Morgan fingerprint density at radius 1 is 0.221 bits per heavy atom. The molecule has 68 heavy (non-hydrogen) atoms. The third-order valence-corrected chi connectivity index (χ3v) is 13.5. The monoisotopic (exact) mass is 868 g/mol. The van der Waals surface area contributed by atoms with Crippen molar-refractivity contribution in [1.29, 1.82) is 0 Å². The molecule has 6 heteroatoms. The number of nitrogens with zero attached hydrogens (tertiary/aromatic N) is 6. The number of rotatable bonds is 8. The number of pyridine rings is 2. The molecule has 0 N–H and O–H groups in total. The van der Waals surface area contributed by atoms with E-state index < -0.39 is 0 Å². The summed E-state index contributed by atoms with van der Waals surface area (Å²) in [6.07, 6.45) is 7.32. The van der Waals surface area contributed by atoms with Crippen molar-refractivity contribution in [2.75, 3.05) is 0 Å². The van der Waals surface area contributed by atoms with Gasteiger partial charge in [0, 0.05) is 70.0 Å². The van der Waals surface area contributed by atoms with Crippen LogP contribution in [0.1, 0.15) is 45.2 Å². The highest BCUT2D eigenvalue weighted by atomic mass is 14.9. The van der Waals surface area contributed by atoms with E-state index in [1.807, 2.05) is 61.2 Å². The zero-order chi connectivity index (χ0) is 45.0. The highest BCUT2D eigenvalue weighted by molar-refractivity contribution is 5.80. The van der Waals surface area contributed by atoms with Crippen LogP contribution >= 0.6 is 0 Å². The van der Waals surface area contributed by atoms with Gasteiger partial charge in [0.1, 0.15) is 0 Å². The molecule has 7 aromatic carbocycles. The van der Waals surface area contributed by atoms with Gasteiger partial charge in [0.15, 0.2) is 11.6 Å². The van der Waals surface area contributed by atoms with E-state index in [-0.39, 0.29) is 11.8 Å². The van der Waals surface area contributed by atoms with Crippen molar-refractivity contribution in [3.8, 4) is 90.1 Å². The van der Waals surface area contributed by atoms with E-state index in [0.717, 1.165) is 78.4 Å². The minimum atomic E-state index is 0.0343. The van der Waals surface area contributed by atoms with Crippen LogP contribution in [-0.2, 0) is 0 Å². The first-order valence-corrected chi connectivity index (χ1v) is 23.0. The minimum Gasteiger partial charge on any atom is -0.265 e. The van der Waals surface area contributed by atoms with Gasteiger partial charge in [-0.05, 0) is 116 Å². The highest BCUT2D eigenvalue weighted by Gasteiger charge is 2.41. The Morgan fingerprint density at radius 3 is 1.00 bits per heavy atom. The predicted octanol–water partition coefficient (Wildman–Crippen LogP) is 14.4. The molecule has 0 radical (unpaired) electrons. The Balaban J connectivity index is 0.922. The Hall–Kier alpha value is -9.00. The van der Waals surface area contributed by atoms with E-state index in [1.165, 1.54) is 33.4 Å². The molecule has 318 valence electrons. The molecule has 0 amide bonds. The van der Waals surface area contributed by atoms with Crippen LogP contribution in [0, 0.1) is 0 Å². The van der Waals surface area contributed by atoms with Crippen LogP contribution in [-0.4, -0.2) is 29.9 Å². The van der Waals surface area contributed by atoms with E-state index in [1.54, 1.807) is 0 Å². The quantitative estimate of drug-likeness (QED) is 0.151. The second-order valence-electron chi connectivity index (χ2n) is 17.5. The van der Waals surface area contributed by atoms with Crippen molar-refractivity contribution in [2.45, 2.75) is 11.8 Å². The van der Waals surface area contributed by atoms with Crippen molar-refractivity contribution in [3.05, 3.63) is 264 Å². The Kier molecular flexibility index (Phi) is 9.53. The second kappa shape index (κ2) is 16.5. The fourth-order valence-corrected chi connectivity index (χ4v) is 10.3. The lowest BCUT2D eigenvalue weighted by Gasteiger charge is -2.42. The molecule has 11 aromatic rings. The second-order valence-corrected chi connectivity index (χ2v) is 17.5. The van der Waals surface area contributed by atoms with Gasteiger partial charge in [-0.1, -0.05) is 146 Å². The summed E-state index contributed by atoms with van der Waals surface area (Å²) in [6, 6.07) is 73.0. The van der Waals surface area contributed by atoms with E-state index >= 15 is 0 Å². The molecule has 3 aliphatic carbocycles. The summed E-state index contributed by atoms with van der Waals surface area (Å²) < 4.78 is 0. The summed E-state index contributed by atoms with van der Waals surface area (Å²) in [5.74, 6) is 1.46. The van der Waals surface area contributed by atoms with Gasteiger partial charge in [-0.3, -0.25) is 9.97 Å². The largest absolute Gasteiger partial charge is 0.265 e. The maximum atomic E-state index is 5.32. The summed E-state index contributed by atoms with van der Waals surface area (Å²) in [6.45, 7) is 0. The van der Waals surface area contributed by atoms with Gasteiger partial charge >= 0.3 is 0 Å². The maximum absolute atomic E-state index is 5.32. The molecular weight excluding hydrogens is 829 g/mol. The summed E-state index contributed by atoms with van der Waals surface area (Å²) in [7, 11) is 0. The van der Waals surface area contributed by atoms with Gasteiger partial charge in [-0.15, -0.1) is 0 Å². The van der Waals surface area contributed by atoms with E-state index in [4.69, 9.17) is 19.9 Å². The van der Waals surface area contributed by atoms with Crippen LogP contribution in [0.25, 0.3) is 90.1 Å². The molecule has 3 aliphatic rings. The first-order chi connectivity index (χ1) is 33.7. The Morgan fingerprint density at radius 2 is 0.574 bits per heavy atom. The van der Waals surface area contributed by atoms with Gasteiger partial charge in [0.25, 0.3) is 0 Å². The number of benzene rings is 7. The van der Waals surface area contributed by atoms with Crippen molar-refractivity contribution >= 4 is 0 Å². The average Bonchev–Trinajstić information content (AvgIpc) is 3.43. The van der Waals surface area contributed by atoms with Crippen molar-refractivity contribution in [2.24, 2.45) is 0 Å². The number of aromatic nitrogens is 6. The van der Waals surface area contributed by atoms with Crippen molar-refractivity contribution < 1.29 is 0 Å². The SMILES string of the molecule is c1ccc(-c2cc(-c3cccc(-c4ccncc4)c3)nc(-c3ccc4c(c3)C3c5ccccc5C4c4cc(-c5nc(-c6ccccc6)cc(-c6cccc(-c7ccncc7)c6)n5)ccc43)n2)cc1. The van der Waals surface area contributed by atoms with E-state index in [0.29, 0.717) is 11.6 Å². The molecule has 4 aromatic heterocycles. The molecule has 0 spiro atoms. The molecular formula is C62H40N6. The lowest BCUT2D eigenvalue weighted by atomic mass is 9.61. The van der Waals surface area contributed by atoms with Crippen LogP contribution in [0.15, 0.2) is 231 Å². The molecule has 6 nitrogen and oxygen atoms in total. The van der Waals surface area contributed by atoms with Gasteiger partial charge in [-0.2, -0.15) is 0 Å².